The highest BCUT2D eigenvalue weighted by Crippen LogP contribution is 2.26. The van der Waals surface area contributed by atoms with E-state index in [1.54, 1.807) is 36.5 Å². The van der Waals surface area contributed by atoms with Gasteiger partial charge >= 0.3 is 0 Å². The third-order valence-corrected chi connectivity index (χ3v) is 4.10. The van der Waals surface area contributed by atoms with Crippen LogP contribution in [0.25, 0.3) is 0 Å². The van der Waals surface area contributed by atoms with Crippen molar-refractivity contribution in [2.24, 2.45) is 7.05 Å². The van der Waals surface area contributed by atoms with E-state index in [0.29, 0.717) is 19.0 Å². The van der Waals surface area contributed by atoms with E-state index in [2.05, 4.69) is 10.2 Å². The van der Waals surface area contributed by atoms with Crippen molar-refractivity contribution >= 4 is 5.91 Å². The Morgan fingerprint density at radius 2 is 2.10 bits per heavy atom. The van der Waals surface area contributed by atoms with Crippen LogP contribution < -0.4 is 5.56 Å². The Labute approximate surface area is 122 Å². The first-order valence-electron chi connectivity index (χ1n) is 7.11. The highest BCUT2D eigenvalue weighted by atomic mass is 16.2. The standard InChI is InChI=1S/C15H18N4O2/c1-18-8-2-3-12(14(18)20)15(21)19-9-5-11(6-10-19)13-4-7-16-17-13/h2-4,7-8,11H,5-6,9-10H2,1H3,(H,16,17). The summed E-state index contributed by atoms with van der Waals surface area (Å²) in [6, 6.07) is 5.31. The first kappa shape index (κ1) is 13.6. The van der Waals surface area contributed by atoms with Crippen molar-refractivity contribution in [3.05, 3.63) is 52.2 Å². The molecule has 2 aromatic rings. The quantitative estimate of drug-likeness (QED) is 0.899. The van der Waals surface area contributed by atoms with Gasteiger partial charge in [-0.15, -0.1) is 0 Å². The molecule has 1 aliphatic rings. The molecule has 1 N–H and O–H groups in total. The number of aromatic amines is 1. The van der Waals surface area contributed by atoms with Gasteiger partial charge in [0.2, 0.25) is 0 Å². The molecule has 3 heterocycles. The number of piperidine rings is 1. The lowest BCUT2D eigenvalue weighted by molar-refractivity contribution is 0.0709. The summed E-state index contributed by atoms with van der Waals surface area (Å²) in [6.07, 6.45) is 5.19. The largest absolute Gasteiger partial charge is 0.338 e. The van der Waals surface area contributed by atoms with E-state index >= 15 is 0 Å². The number of likely N-dealkylation sites (tertiary alicyclic amines) is 1. The Bertz CT molecular complexity index is 682. The Balaban J connectivity index is 1.71. The lowest BCUT2D eigenvalue weighted by Gasteiger charge is -2.31. The molecule has 1 fully saturated rings. The third-order valence-electron chi connectivity index (χ3n) is 4.10. The molecule has 1 saturated heterocycles. The van der Waals surface area contributed by atoms with Gasteiger partial charge in [-0.3, -0.25) is 14.7 Å². The van der Waals surface area contributed by atoms with Crippen molar-refractivity contribution in [2.75, 3.05) is 13.1 Å². The van der Waals surface area contributed by atoms with Gasteiger partial charge in [-0.25, -0.2) is 0 Å². The van der Waals surface area contributed by atoms with Crippen molar-refractivity contribution in [3.63, 3.8) is 0 Å². The lowest BCUT2D eigenvalue weighted by Crippen LogP contribution is -2.40. The molecule has 21 heavy (non-hydrogen) atoms. The average Bonchev–Trinajstić information content (AvgIpc) is 3.04. The molecule has 1 amide bonds. The third kappa shape index (κ3) is 2.61. The maximum absolute atomic E-state index is 12.5. The monoisotopic (exact) mass is 286 g/mol. The van der Waals surface area contributed by atoms with Gasteiger partial charge in [-0.1, -0.05) is 0 Å². The summed E-state index contributed by atoms with van der Waals surface area (Å²) in [5.74, 6) is 0.245. The summed E-state index contributed by atoms with van der Waals surface area (Å²) in [5.41, 5.74) is 1.14. The van der Waals surface area contributed by atoms with Crippen LogP contribution in [0.3, 0.4) is 0 Å². The number of pyridine rings is 1. The molecule has 6 nitrogen and oxygen atoms in total. The fourth-order valence-electron chi connectivity index (χ4n) is 2.82. The molecule has 0 aliphatic carbocycles. The van der Waals surface area contributed by atoms with E-state index in [1.165, 1.54) is 4.57 Å². The number of amides is 1. The van der Waals surface area contributed by atoms with Crippen molar-refractivity contribution < 1.29 is 4.79 Å². The maximum atomic E-state index is 12.5. The van der Waals surface area contributed by atoms with Gasteiger partial charge in [0.15, 0.2) is 0 Å². The van der Waals surface area contributed by atoms with E-state index in [-0.39, 0.29) is 17.0 Å². The SMILES string of the molecule is Cn1cccc(C(=O)N2CCC(c3ccn[nH]3)CC2)c1=O. The van der Waals surface area contributed by atoms with Gasteiger partial charge in [0.25, 0.3) is 11.5 Å². The molecular weight excluding hydrogens is 268 g/mol. The van der Waals surface area contributed by atoms with Crippen LogP contribution in [0.5, 0.6) is 0 Å². The minimum Gasteiger partial charge on any atom is -0.338 e. The van der Waals surface area contributed by atoms with Crippen LogP contribution in [0.15, 0.2) is 35.4 Å². The number of nitrogens with zero attached hydrogens (tertiary/aromatic N) is 3. The fraction of sp³-hybridized carbons (Fsp3) is 0.400. The number of hydrogen-bond donors (Lipinski definition) is 1. The number of H-pyrrole nitrogens is 1. The van der Waals surface area contributed by atoms with E-state index in [9.17, 15) is 9.59 Å². The molecule has 0 spiro atoms. The average molecular weight is 286 g/mol. The Morgan fingerprint density at radius 1 is 1.33 bits per heavy atom. The molecule has 0 atom stereocenters. The summed E-state index contributed by atoms with van der Waals surface area (Å²) in [5, 5.41) is 6.96. The zero-order chi connectivity index (χ0) is 14.8. The fourth-order valence-corrected chi connectivity index (χ4v) is 2.82. The number of nitrogens with one attached hydrogen (secondary N) is 1. The van der Waals surface area contributed by atoms with Crippen LogP contribution in [-0.2, 0) is 7.05 Å². The molecule has 0 unspecified atom stereocenters. The van der Waals surface area contributed by atoms with Crippen LogP contribution in [-0.4, -0.2) is 38.7 Å². The zero-order valence-electron chi connectivity index (χ0n) is 12.0. The number of aromatic nitrogens is 3. The first-order valence-corrected chi connectivity index (χ1v) is 7.11. The Morgan fingerprint density at radius 3 is 2.76 bits per heavy atom. The van der Waals surface area contributed by atoms with Crippen LogP contribution in [0.1, 0.15) is 34.8 Å². The van der Waals surface area contributed by atoms with Gasteiger partial charge < -0.3 is 9.47 Å². The number of carbonyl (C=O) groups excluding carboxylic acids is 1. The van der Waals surface area contributed by atoms with E-state index in [4.69, 9.17) is 0 Å². The molecular formula is C15H18N4O2. The number of hydrogen-bond acceptors (Lipinski definition) is 3. The second-order valence-electron chi connectivity index (χ2n) is 5.42. The second-order valence-corrected chi connectivity index (χ2v) is 5.42. The predicted molar refractivity (Wildman–Crippen MR) is 78.1 cm³/mol. The molecule has 1 aliphatic heterocycles. The molecule has 3 rings (SSSR count). The van der Waals surface area contributed by atoms with Gasteiger partial charge in [-0.05, 0) is 31.0 Å². The van der Waals surface area contributed by atoms with Gasteiger partial charge in [0, 0.05) is 44.1 Å². The topological polar surface area (TPSA) is 71.0 Å². The lowest BCUT2D eigenvalue weighted by atomic mass is 9.93. The smallest absolute Gasteiger partial charge is 0.263 e. The normalized spacial score (nSPS) is 16.1. The zero-order valence-corrected chi connectivity index (χ0v) is 12.0. The summed E-state index contributed by atoms with van der Waals surface area (Å²) in [7, 11) is 1.66. The summed E-state index contributed by atoms with van der Waals surface area (Å²) in [6.45, 7) is 1.33. The molecule has 0 bridgehead atoms. The Kier molecular flexibility index (Phi) is 3.60. The summed E-state index contributed by atoms with van der Waals surface area (Å²) in [4.78, 5) is 26.2. The minimum absolute atomic E-state index is 0.167. The van der Waals surface area contributed by atoms with Crippen LogP contribution in [0.4, 0.5) is 0 Å². The Hall–Kier alpha value is -2.37. The molecule has 0 aromatic carbocycles. The van der Waals surface area contributed by atoms with E-state index < -0.39 is 0 Å². The van der Waals surface area contributed by atoms with Gasteiger partial charge in [0.05, 0.1) is 0 Å². The van der Waals surface area contributed by atoms with Gasteiger partial charge in [0.1, 0.15) is 5.56 Å². The maximum Gasteiger partial charge on any atom is 0.263 e. The summed E-state index contributed by atoms with van der Waals surface area (Å²) >= 11 is 0. The highest BCUT2D eigenvalue weighted by molar-refractivity contribution is 5.93. The van der Waals surface area contributed by atoms with Crippen molar-refractivity contribution in [2.45, 2.75) is 18.8 Å². The predicted octanol–water partition coefficient (Wildman–Crippen LogP) is 1.13. The van der Waals surface area contributed by atoms with Crippen LogP contribution >= 0.6 is 0 Å². The van der Waals surface area contributed by atoms with Crippen LogP contribution in [0, 0.1) is 0 Å². The first-order chi connectivity index (χ1) is 10.2. The van der Waals surface area contributed by atoms with Crippen molar-refractivity contribution in [1.82, 2.24) is 19.7 Å². The highest BCUT2D eigenvalue weighted by Gasteiger charge is 2.26. The van der Waals surface area contributed by atoms with Crippen molar-refractivity contribution in [3.8, 4) is 0 Å². The molecule has 0 saturated carbocycles. The molecule has 2 aromatic heterocycles. The van der Waals surface area contributed by atoms with Gasteiger partial charge in [-0.2, -0.15) is 5.10 Å². The molecule has 6 heteroatoms. The van der Waals surface area contributed by atoms with E-state index in [0.717, 1.165) is 18.5 Å². The number of rotatable bonds is 2. The number of aryl methyl sites for hydroxylation is 1. The molecule has 110 valence electrons. The summed E-state index contributed by atoms with van der Waals surface area (Å²) < 4.78 is 1.44. The van der Waals surface area contributed by atoms with E-state index in [1.807, 2.05) is 6.07 Å². The minimum atomic E-state index is -0.238. The second kappa shape index (κ2) is 5.55. The molecule has 0 radical (unpaired) electrons. The number of carbonyl (C=O) groups is 1. The van der Waals surface area contributed by atoms with Crippen LogP contribution in [0.2, 0.25) is 0 Å². The van der Waals surface area contributed by atoms with Crippen molar-refractivity contribution in [1.29, 1.82) is 0 Å².